The van der Waals surface area contributed by atoms with Crippen LogP contribution in [0.2, 0.25) is 0 Å². The fourth-order valence-corrected chi connectivity index (χ4v) is 3.11. The van der Waals surface area contributed by atoms with E-state index in [4.69, 9.17) is 10.5 Å². The fraction of sp³-hybridized carbons (Fsp3) is 0.286. The van der Waals surface area contributed by atoms with Crippen LogP contribution in [0.15, 0.2) is 40.9 Å². The Bertz CT molecular complexity index is 715. The number of nitrogens with one attached hydrogen (secondary N) is 2. The molecule has 0 saturated carbocycles. The minimum Gasteiger partial charge on any atom is -0.359 e. The summed E-state index contributed by atoms with van der Waals surface area (Å²) in [5, 5.41) is 20.0. The van der Waals surface area contributed by atoms with E-state index in [0.717, 1.165) is 0 Å². The van der Waals surface area contributed by atoms with Crippen LogP contribution in [0.4, 0.5) is 5.69 Å². The number of nitriles is 2. The molecule has 1 aromatic rings. The molecule has 0 spiro atoms. The van der Waals surface area contributed by atoms with Crippen LogP contribution in [0, 0.1) is 22.7 Å². The minimum absolute atomic E-state index is 0.0476. The van der Waals surface area contributed by atoms with Gasteiger partial charge in [0.25, 0.3) is 0 Å². The lowest BCUT2D eigenvalue weighted by Gasteiger charge is -2.21. The van der Waals surface area contributed by atoms with Gasteiger partial charge in [0.05, 0.1) is 5.69 Å². The highest BCUT2D eigenvalue weighted by atomic mass is 32.2. The van der Waals surface area contributed by atoms with Crippen molar-refractivity contribution in [3.8, 4) is 12.1 Å². The Morgan fingerprint density at radius 2 is 1.76 bits per heavy atom. The Kier molecular flexibility index (Phi) is 5.09. The zero-order valence-electron chi connectivity index (χ0n) is 12.0. The fourth-order valence-electron chi connectivity index (χ4n) is 1.52. The van der Waals surface area contributed by atoms with E-state index in [1.807, 2.05) is 0 Å². The third-order valence-electron chi connectivity index (χ3n) is 2.23. The summed E-state index contributed by atoms with van der Waals surface area (Å²) < 4.78 is 27.3. The molecule has 21 heavy (non-hydrogen) atoms. The van der Waals surface area contributed by atoms with Crippen molar-refractivity contribution >= 4 is 15.7 Å². The number of rotatable bonds is 4. The topological polar surface area (TPSA) is 106 Å². The molecule has 110 valence electrons. The predicted molar refractivity (Wildman–Crippen MR) is 79.4 cm³/mol. The van der Waals surface area contributed by atoms with Crippen LogP contribution >= 0.6 is 0 Å². The molecule has 0 aromatic heterocycles. The molecule has 1 rings (SSSR count). The Labute approximate surface area is 124 Å². The van der Waals surface area contributed by atoms with Gasteiger partial charge in [0.15, 0.2) is 0 Å². The molecule has 0 aliphatic heterocycles. The van der Waals surface area contributed by atoms with E-state index >= 15 is 0 Å². The zero-order valence-corrected chi connectivity index (χ0v) is 12.8. The molecule has 0 fully saturated rings. The van der Waals surface area contributed by atoms with Gasteiger partial charge in [-0.2, -0.15) is 10.5 Å². The Morgan fingerprint density at radius 1 is 1.19 bits per heavy atom. The standard InChI is InChI=1S/C14H16N4O2S/c1-14(2,3)18-21(19,20)13-7-5-4-6-12(13)17-10-11(8-15)9-16/h4-7,10,17-18H,1-3H3. The SMILES string of the molecule is CC(C)(C)NS(=O)(=O)c1ccccc1NC=C(C#N)C#N. The van der Waals surface area contributed by atoms with Gasteiger partial charge in [-0.3, -0.25) is 0 Å². The molecule has 0 aliphatic rings. The first-order chi connectivity index (χ1) is 9.69. The monoisotopic (exact) mass is 304 g/mol. The van der Waals surface area contributed by atoms with Gasteiger partial charge in [-0.1, -0.05) is 12.1 Å². The number of nitrogens with zero attached hydrogens (tertiary/aromatic N) is 2. The first-order valence-corrected chi connectivity index (χ1v) is 7.58. The van der Waals surface area contributed by atoms with E-state index in [0.29, 0.717) is 0 Å². The number of hydrogen-bond acceptors (Lipinski definition) is 5. The minimum atomic E-state index is -3.72. The van der Waals surface area contributed by atoms with Crippen LogP contribution in [0.5, 0.6) is 0 Å². The Balaban J connectivity index is 3.20. The Hall–Kier alpha value is -2.35. The van der Waals surface area contributed by atoms with Gasteiger partial charge in [-0.25, -0.2) is 13.1 Å². The van der Waals surface area contributed by atoms with Gasteiger partial charge < -0.3 is 5.32 Å². The van der Waals surface area contributed by atoms with E-state index in [1.54, 1.807) is 51.1 Å². The average Bonchev–Trinajstić information content (AvgIpc) is 2.37. The summed E-state index contributed by atoms with van der Waals surface area (Å²) in [6, 6.07) is 9.64. The van der Waals surface area contributed by atoms with Gasteiger partial charge in [0.1, 0.15) is 22.6 Å². The van der Waals surface area contributed by atoms with Crippen molar-refractivity contribution in [3.05, 3.63) is 36.0 Å². The van der Waals surface area contributed by atoms with Crippen LogP contribution in [0.1, 0.15) is 20.8 Å². The van der Waals surface area contributed by atoms with Gasteiger partial charge in [-0.15, -0.1) is 0 Å². The molecule has 0 bridgehead atoms. The van der Waals surface area contributed by atoms with Crippen LogP contribution in [-0.4, -0.2) is 14.0 Å². The first-order valence-electron chi connectivity index (χ1n) is 6.09. The largest absolute Gasteiger partial charge is 0.359 e. The van der Waals surface area contributed by atoms with Crippen molar-refractivity contribution in [2.24, 2.45) is 0 Å². The molecule has 2 N–H and O–H groups in total. The highest BCUT2D eigenvalue weighted by Gasteiger charge is 2.24. The number of benzene rings is 1. The van der Waals surface area contributed by atoms with Gasteiger partial charge in [-0.05, 0) is 32.9 Å². The lowest BCUT2D eigenvalue weighted by atomic mass is 10.1. The lowest BCUT2D eigenvalue weighted by molar-refractivity contribution is 0.491. The maximum atomic E-state index is 12.4. The second kappa shape index (κ2) is 6.40. The van der Waals surface area contributed by atoms with E-state index in [2.05, 4.69) is 10.0 Å². The van der Waals surface area contributed by atoms with E-state index in [9.17, 15) is 8.42 Å². The van der Waals surface area contributed by atoms with Gasteiger partial charge in [0, 0.05) is 11.7 Å². The van der Waals surface area contributed by atoms with Crippen LogP contribution in [-0.2, 0) is 10.0 Å². The lowest BCUT2D eigenvalue weighted by Crippen LogP contribution is -2.40. The number of anilines is 1. The first kappa shape index (κ1) is 16.7. The molecule has 0 aliphatic carbocycles. The summed E-state index contributed by atoms with van der Waals surface area (Å²) in [5.41, 5.74) is -0.477. The number of allylic oxidation sites excluding steroid dienone is 1. The van der Waals surface area contributed by atoms with Crippen molar-refractivity contribution in [1.29, 1.82) is 10.5 Å². The summed E-state index contributed by atoms with van der Waals surface area (Å²) in [7, 11) is -3.72. The molecular weight excluding hydrogens is 288 g/mol. The summed E-state index contributed by atoms with van der Waals surface area (Å²) in [6.07, 6.45) is 1.17. The Morgan fingerprint density at radius 3 is 2.29 bits per heavy atom. The highest BCUT2D eigenvalue weighted by molar-refractivity contribution is 7.89. The van der Waals surface area contributed by atoms with Crippen LogP contribution in [0.25, 0.3) is 0 Å². The van der Waals surface area contributed by atoms with Gasteiger partial charge >= 0.3 is 0 Å². The molecule has 0 amide bonds. The van der Waals surface area contributed by atoms with Crippen LogP contribution < -0.4 is 10.0 Å². The maximum absolute atomic E-state index is 12.4. The molecule has 6 nitrogen and oxygen atoms in total. The normalized spacial score (nSPS) is 11.1. The maximum Gasteiger partial charge on any atom is 0.243 e. The van der Waals surface area contributed by atoms with Crippen LogP contribution in [0.3, 0.4) is 0 Å². The molecule has 0 atom stereocenters. The summed E-state index contributed by atoms with van der Waals surface area (Å²) in [5.74, 6) is 0. The van der Waals surface area contributed by atoms with E-state index in [1.165, 1.54) is 12.3 Å². The van der Waals surface area contributed by atoms with Crippen molar-refractivity contribution in [3.63, 3.8) is 0 Å². The molecule has 0 radical (unpaired) electrons. The second-order valence-corrected chi connectivity index (χ2v) is 6.93. The van der Waals surface area contributed by atoms with E-state index in [-0.39, 0.29) is 16.2 Å². The summed E-state index contributed by atoms with van der Waals surface area (Å²) in [4.78, 5) is 0.0476. The third kappa shape index (κ3) is 4.92. The number of para-hydroxylation sites is 1. The summed E-state index contributed by atoms with van der Waals surface area (Å²) in [6.45, 7) is 5.22. The predicted octanol–water partition coefficient (Wildman–Crippen LogP) is 2.11. The van der Waals surface area contributed by atoms with Crippen molar-refractivity contribution < 1.29 is 8.42 Å². The quantitative estimate of drug-likeness (QED) is 0.829. The molecule has 0 saturated heterocycles. The second-order valence-electron chi connectivity index (χ2n) is 5.28. The number of sulfonamides is 1. The average molecular weight is 304 g/mol. The summed E-state index contributed by atoms with van der Waals surface area (Å²) >= 11 is 0. The number of hydrogen-bond donors (Lipinski definition) is 2. The van der Waals surface area contributed by atoms with Crippen molar-refractivity contribution in [2.45, 2.75) is 31.2 Å². The molecular formula is C14H16N4O2S. The van der Waals surface area contributed by atoms with Gasteiger partial charge in [0.2, 0.25) is 10.0 Å². The zero-order chi connectivity index (χ0) is 16.1. The van der Waals surface area contributed by atoms with E-state index < -0.39 is 15.6 Å². The molecule has 0 unspecified atom stereocenters. The van der Waals surface area contributed by atoms with Crippen molar-refractivity contribution in [2.75, 3.05) is 5.32 Å². The molecule has 7 heteroatoms. The highest BCUT2D eigenvalue weighted by Crippen LogP contribution is 2.22. The third-order valence-corrected chi connectivity index (χ3v) is 4.05. The smallest absolute Gasteiger partial charge is 0.243 e. The van der Waals surface area contributed by atoms with Crippen molar-refractivity contribution in [1.82, 2.24) is 4.72 Å². The molecule has 0 heterocycles. The molecule has 1 aromatic carbocycles.